The van der Waals surface area contributed by atoms with Crippen LogP contribution in [0, 0.1) is 0 Å². The molecule has 0 fully saturated rings. The first-order chi connectivity index (χ1) is 14.1. The molecular formula is C23H23N3O3. The molecular weight excluding hydrogens is 366 g/mol. The summed E-state index contributed by atoms with van der Waals surface area (Å²) < 4.78 is 5.82. The zero-order valence-electron chi connectivity index (χ0n) is 16.1. The molecule has 0 saturated carbocycles. The second-order valence-electron chi connectivity index (χ2n) is 6.32. The number of benzene rings is 3. The van der Waals surface area contributed by atoms with Crippen LogP contribution in [0.4, 0.5) is 16.2 Å². The molecule has 0 spiro atoms. The molecule has 0 aliphatic rings. The number of urea groups is 1. The lowest BCUT2D eigenvalue weighted by molar-refractivity contribution is -0.115. The van der Waals surface area contributed by atoms with E-state index in [-0.39, 0.29) is 12.5 Å². The van der Waals surface area contributed by atoms with E-state index in [1.165, 1.54) is 5.56 Å². The van der Waals surface area contributed by atoms with Gasteiger partial charge in [-0.1, -0.05) is 49.4 Å². The minimum absolute atomic E-state index is 0.168. The number of para-hydroxylation sites is 3. The van der Waals surface area contributed by atoms with Crippen LogP contribution in [0.1, 0.15) is 12.5 Å². The SMILES string of the molecule is CCc1ccc(NC(=O)NCC(=O)Nc2ccccc2Oc2ccccc2)cc1. The Morgan fingerprint density at radius 2 is 1.52 bits per heavy atom. The molecule has 3 aromatic carbocycles. The van der Waals surface area contributed by atoms with Crippen LogP contribution in [0.5, 0.6) is 11.5 Å². The van der Waals surface area contributed by atoms with Crippen molar-refractivity contribution in [1.82, 2.24) is 5.32 Å². The first-order valence-electron chi connectivity index (χ1n) is 9.39. The summed E-state index contributed by atoms with van der Waals surface area (Å²) in [4.78, 5) is 24.3. The lowest BCUT2D eigenvalue weighted by Gasteiger charge is -2.13. The molecule has 0 bridgehead atoms. The fourth-order valence-electron chi connectivity index (χ4n) is 2.63. The zero-order chi connectivity index (χ0) is 20.5. The topological polar surface area (TPSA) is 79.5 Å². The molecule has 0 saturated heterocycles. The van der Waals surface area contributed by atoms with Crippen molar-refractivity contribution in [2.24, 2.45) is 0 Å². The van der Waals surface area contributed by atoms with Crippen LogP contribution >= 0.6 is 0 Å². The summed E-state index contributed by atoms with van der Waals surface area (Å²) in [7, 11) is 0. The molecule has 0 radical (unpaired) electrons. The van der Waals surface area contributed by atoms with E-state index < -0.39 is 6.03 Å². The van der Waals surface area contributed by atoms with Gasteiger partial charge >= 0.3 is 6.03 Å². The molecule has 3 aromatic rings. The van der Waals surface area contributed by atoms with Gasteiger partial charge in [-0.15, -0.1) is 0 Å². The Labute approximate surface area is 169 Å². The second kappa shape index (κ2) is 9.94. The molecule has 6 heteroatoms. The van der Waals surface area contributed by atoms with Gasteiger partial charge in [0.2, 0.25) is 5.91 Å². The maximum atomic E-state index is 12.2. The van der Waals surface area contributed by atoms with Crippen LogP contribution in [0.2, 0.25) is 0 Å². The molecule has 29 heavy (non-hydrogen) atoms. The van der Waals surface area contributed by atoms with Gasteiger partial charge in [0.15, 0.2) is 5.75 Å². The lowest BCUT2D eigenvalue weighted by Crippen LogP contribution is -2.35. The average Bonchev–Trinajstić information content (AvgIpc) is 2.75. The van der Waals surface area contributed by atoms with Crippen LogP contribution < -0.4 is 20.7 Å². The van der Waals surface area contributed by atoms with Gasteiger partial charge in [-0.3, -0.25) is 4.79 Å². The maximum Gasteiger partial charge on any atom is 0.319 e. The minimum atomic E-state index is -0.446. The van der Waals surface area contributed by atoms with Crippen LogP contribution in [0.15, 0.2) is 78.9 Å². The Hall–Kier alpha value is -3.80. The normalized spacial score (nSPS) is 10.1. The Bertz CT molecular complexity index is 957. The smallest absolute Gasteiger partial charge is 0.319 e. The van der Waals surface area contributed by atoms with E-state index in [1.54, 1.807) is 18.2 Å². The van der Waals surface area contributed by atoms with Crippen molar-refractivity contribution in [3.8, 4) is 11.5 Å². The van der Waals surface area contributed by atoms with Crippen LogP contribution in [0.3, 0.4) is 0 Å². The number of carbonyl (C=O) groups excluding carboxylic acids is 2. The van der Waals surface area contributed by atoms with Crippen LogP contribution in [-0.4, -0.2) is 18.5 Å². The van der Waals surface area contributed by atoms with E-state index in [9.17, 15) is 9.59 Å². The molecule has 0 heterocycles. The number of nitrogens with one attached hydrogen (secondary N) is 3. The first-order valence-corrected chi connectivity index (χ1v) is 9.39. The van der Waals surface area contributed by atoms with Crippen molar-refractivity contribution >= 4 is 23.3 Å². The third kappa shape index (κ3) is 6.10. The van der Waals surface area contributed by atoms with Gasteiger partial charge in [0.1, 0.15) is 5.75 Å². The van der Waals surface area contributed by atoms with Gasteiger partial charge in [-0.2, -0.15) is 0 Å². The van der Waals surface area contributed by atoms with Crippen LogP contribution in [-0.2, 0) is 11.2 Å². The van der Waals surface area contributed by atoms with Crippen molar-refractivity contribution in [2.45, 2.75) is 13.3 Å². The van der Waals surface area contributed by atoms with E-state index in [0.29, 0.717) is 22.9 Å². The molecule has 3 N–H and O–H groups in total. The molecule has 148 valence electrons. The van der Waals surface area contributed by atoms with E-state index >= 15 is 0 Å². The van der Waals surface area contributed by atoms with Gasteiger partial charge in [0, 0.05) is 5.69 Å². The van der Waals surface area contributed by atoms with Gasteiger partial charge in [-0.05, 0) is 48.4 Å². The van der Waals surface area contributed by atoms with E-state index in [1.807, 2.05) is 60.7 Å². The van der Waals surface area contributed by atoms with Crippen molar-refractivity contribution in [2.75, 3.05) is 17.2 Å². The zero-order valence-corrected chi connectivity index (χ0v) is 16.1. The van der Waals surface area contributed by atoms with Gasteiger partial charge in [-0.25, -0.2) is 4.79 Å². The predicted molar refractivity (Wildman–Crippen MR) is 114 cm³/mol. The minimum Gasteiger partial charge on any atom is -0.455 e. The highest BCUT2D eigenvalue weighted by atomic mass is 16.5. The highest BCUT2D eigenvalue weighted by Gasteiger charge is 2.10. The van der Waals surface area contributed by atoms with E-state index in [0.717, 1.165) is 6.42 Å². The number of amides is 3. The molecule has 0 unspecified atom stereocenters. The summed E-state index contributed by atoms with van der Waals surface area (Å²) >= 11 is 0. The van der Waals surface area contributed by atoms with Crippen molar-refractivity contribution in [1.29, 1.82) is 0 Å². The molecule has 0 aliphatic carbocycles. The summed E-state index contributed by atoms with van der Waals surface area (Å²) in [5, 5.41) is 8.01. The monoisotopic (exact) mass is 389 g/mol. The average molecular weight is 389 g/mol. The molecule has 0 aliphatic heterocycles. The summed E-state index contributed by atoms with van der Waals surface area (Å²) in [6, 6.07) is 23.5. The van der Waals surface area contributed by atoms with Crippen molar-refractivity contribution in [3.63, 3.8) is 0 Å². The van der Waals surface area contributed by atoms with Crippen molar-refractivity contribution < 1.29 is 14.3 Å². The number of anilines is 2. The Kier molecular flexibility index (Phi) is 6.84. The third-order valence-electron chi connectivity index (χ3n) is 4.16. The van der Waals surface area contributed by atoms with Crippen LogP contribution in [0.25, 0.3) is 0 Å². The second-order valence-corrected chi connectivity index (χ2v) is 6.32. The quantitative estimate of drug-likeness (QED) is 0.543. The number of aryl methyl sites for hydroxylation is 1. The fraction of sp³-hybridized carbons (Fsp3) is 0.130. The van der Waals surface area contributed by atoms with Gasteiger partial charge in [0.05, 0.1) is 12.2 Å². The van der Waals surface area contributed by atoms with Gasteiger partial charge < -0.3 is 20.7 Å². The number of carbonyl (C=O) groups is 2. The lowest BCUT2D eigenvalue weighted by atomic mass is 10.1. The number of rotatable bonds is 7. The summed E-state index contributed by atoms with van der Waals surface area (Å²) in [6.45, 7) is 1.90. The Morgan fingerprint density at radius 3 is 2.24 bits per heavy atom. The molecule has 0 aromatic heterocycles. The maximum absolute atomic E-state index is 12.2. The first kappa shape index (κ1) is 19.9. The number of ether oxygens (including phenoxy) is 1. The fourth-order valence-corrected chi connectivity index (χ4v) is 2.63. The number of hydrogen-bond donors (Lipinski definition) is 3. The Balaban J connectivity index is 1.52. The highest BCUT2D eigenvalue weighted by molar-refractivity contribution is 5.97. The third-order valence-corrected chi connectivity index (χ3v) is 4.16. The molecule has 6 nitrogen and oxygen atoms in total. The standard InChI is InChI=1S/C23H23N3O3/c1-2-17-12-14-18(15-13-17)25-23(28)24-16-22(27)26-20-10-6-7-11-21(20)29-19-8-4-3-5-9-19/h3-15H,2,16H2,1H3,(H,26,27)(H2,24,25,28). The van der Waals surface area contributed by atoms with Crippen molar-refractivity contribution in [3.05, 3.63) is 84.4 Å². The molecule has 3 rings (SSSR count). The van der Waals surface area contributed by atoms with Gasteiger partial charge in [0.25, 0.3) is 0 Å². The summed E-state index contributed by atoms with van der Waals surface area (Å²) in [6.07, 6.45) is 0.933. The Morgan fingerprint density at radius 1 is 0.828 bits per heavy atom. The largest absolute Gasteiger partial charge is 0.455 e. The number of hydrogen-bond acceptors (Lipinski definition) is 3. The van der Waals surface area contributed by atoms with E-state index in [2.05, 4.69) is 22.9 Å². The molecule has 3 amide bonds. The highest BCUT2D eigenvalue weighted by Crippen LogP contribution is 2.28. The molecule has 0 atom stereocenters. The predicted octanol–water partition coefficient (Wildman–Crippen LogP) is 4.80. The summed E-state index contributed by atoms with van der Waals surface area (Å²) in [5.74, 6) is 0.832. The summed E-state index contributed by atoms with van der Waals surface area (Å²) in [5.41, 5.74) is 2.38. The van der Waals surface area contributed by atoms with E-state index in [4.69, 9.17) is 4.74 Å².